The van der Waals surface area contributed by atoms with Crippen molar-refractivity contribution in [1.29, 1.82) is 0 Å². The number of carbonyl (C=O) groups excluding carboxylic acids is 1. The Morgan fingerprint density at radius 2 is 1.74 bits per heavy atom. The lowest BCUT2D eigenvalue weighted by Gasteiger charge is -2.18. The van der Waals surface area contributed by atoms with Crippen LogP contribution in [0, 0.1) is 12.8 Å². The number of aromatic nitrogens is 2. The number of H-pyrrole nitrogens is 1. The zero-order valence-electron chi connectivity index (χ0n) is 17.8. The van der Waals surface area contributed by atoms with Gasteiger partial charge in [0.25, 0.3) is 0 Å². The van der Waals surface area contributed by atoms with Gasteiger partial charge in [-0.3, -0.25) is 4.79 Å². The van der Waals surface area contributed by atoms with Gasteiger partial charge in [-0.25, -0.2) is 4.79 Å². The molecule has 0 bridgehead atoms. The van der Waals surface area contributed by atoms with Gasteiger partial charge in [-0.2, -0.15) is 4.98 Å². The Labute approximate surface area is 163 Å². The molecule has 1 N–H and O–H groups in total. The summed E-state index contributed by atoms with van der Waals surface area (Å²) in [5, 5.41) is 0. The van der Waals surface area contributed by atoms with Crippen LogP contribution in [0.15, 0.2) is 35.1 Å². The van der Waals surface area contributed by atoms with E-state index in [4.69, 9.17) is 0 Å². The van der Waals surface area contributed by atoms with Gasteiger partial charge < -0.3 is 4.98 Å². The molecule has 0 unspecified atom stereocenters. The van der Waals surface area contributed by atoms with Crippen LogP contribution in [0.3, 0.4) is 0 Å². The number of nitrogens with zero attached hydrogens (tertiary/aromatic N) is 1. The molecular formula is C23H34N2O2. The highest BCUT2D eigenvalue weighted by Crippen LogP contribution is 2.21. The lowest BCUT2D eigenvalue weighted by Crippen LogP contribution is -2.18. The Hall–Kier alpha value is -2.23. The van der Waals surface area contributed by atoms with Crippen molar-refractivity contribution in [3.63, 3.8) is 0 Å². The first kappa shape index (κ1) is 22.8. The highest BCUT2D eigenvalue weighted by atomic mass is 16.1. The summed E-state index contributed by atoms with van der Waals surface area (Å²) < 4.78 is 0. The third-order valence-corrected chi connectivity index (χ3v) is 4.11. The van der Waals surface area contributed by atoms with E-state index in [2.05, 4.69) is 75.8 Å². The molecule has 0 aliphatic carbocycles. The summed E-state index contributed by atoms with van der Waals surface area (Å²) in [5.41, 5.74) is 3.67. The number of Topliss-reactive ketones (excluding diaryl/α,β-unsaturated/α-hetero) is 1. The number of hydrogen-bond acceptors (Lipinski definition) is 3. The molecular weight excluding hydrogens is 336 g/mol. The first-order valence-corrected chi connectivity index (χ1v) is 9.73. The summed E-state index contributed by atoms with van der Waals surface area (Å²) in [4.78, 5) is 29.3. The van der Waals surface area contributed by atoms with Crippen LogP contribution in [-0.4, -0.2) is 15.8 Å². The van der Waals surface area contributed by atoms with Crippen LogP contribution in [0.25, 0.3) is 0 Å². The van der Waals surface area contributed by atoms with Gasteiger partial charge in [0.1, 0.15) is 5.69 Å². The Morgan fingerprint density at radius 1 is 1.15 bits per heavy atom. The van der Waals surface area contributed by atoms with Crippen LogP contribution in [-0.2, 0) is 11.8 Å². The van der Waals surface area contributed by atoms with E-state index in [1.165, 1.54) is 11.1 Å². The van der Waals surface area contributed by atoms with Gasteiger partial charge in [0.05, 0.1) is 0 Å². The van der Waals surface area contributed by atoms with E-state index in [0.29, 0.717) is 18.0 Å². The zero-order chi connectivity index (χ0) is 20.6. The Bertz CT molecular complexity index is 781. The second-order valence-corrected chi connectivity index (χ2v) is 8.48. The number of benzene rings is 1. The fourth-order valence-electron chi connectivity index (χ4n) is 2.61. The van der Waals surface area contributed by atoms with Gasteiger partial charge in [-0.1, -0.05) is 71.4 Å². The molecule has 2 aromatic rings. The first-order valence-electron chi connectivity index (χ1n) is 9.73. The summed E-state index contributed by atoms with van der Waals surface area (Å²) in [7, 11) is 0. The van der Waals surface area contributed by atoms with E-state index < -0.39 is 5.69 Å². The molecule has 0 fully saturated rings. The number of aromatic amines is 1. The normalized spacial score (nSPS) is 11.1. The summed E-state index contributed by atoms with van der Waals surface area (Å²) in [5.74, 6) is 0.380. The average molecular weight is 371 g/mol. The molecule has 0 saturated carbocycles. The predicted octanol–water partition coefficient (Wildman–Crippen LogP) is 5.24. The largest absolute Gasteiger partial charge is 0.345 e. The Balaban J connectivity index is 0.000000289. The molecule has 4 nitrogen and oxygen atoms in total. The molecule has 1 aromatic heterocycles. The third kappa shape index (κ3) is 8.33. The van der Waals surface area contributed by atoms with E-state index >= 15 is 0 Å². The van der Waals surface area contributed by atoms with Crippen molar-refractivity contribution in [2.24, 2.45) is 5.92 Å². The standard InChI is InChI=1S/C12H18N2O2.C11H16/c1-4-5-11(15)10-7-9(6-8(2)3)13-12(16)14-10;1-9-5-7-10(8-6-9)11(2,3)4/h7-8H,4-6H2,1-3H3,(H,13,14,16);5-8H,1-4H3. The minimum absolute atomic E-state index is 0.0568. The number of rotatable bonds is 5. The van der Waals surface area contributed by atoms with Crippen LogP contribution < -0.4 is 5.69 Å². The lowest BCUT2D eigenvalue weighted by molar-refractivity contribution is 0.0976. The van der Waals surface area contributed by atoms with Crippen molar-refractivity contribution in [2.75, 3.05) is 0 Å². The maximum atomic E-state index is 11.6. The third-order valence-electron chi connectivity index (χ3n) is 4.11. The van der Waals surface area contributed by atoms with E-state index in [1.54, 1.807) is 6.07 Å². The van der Waals surface area contributed by atoms with E-state index in [1.807, 2.05) is 6.92 Å². The van der Waals surface area contributed by atoms with Crippen LogP contribution in [0.1, 0.15) is 81.7 Å². The van der Waals surface area contributed by atoms with Gasteiger partial charge in [-0.15, -0.1) is 0 Å². The predicted molar refractivity (Wildman–Crippen MR) is 113 cm³/mol. The second-order valence-electron chi connectivity index (χ2n) is 8.48. The average Bonchev–Trinajstić information content (AvgIpc) is 2.54. The van der Waals surface area contributed by atoms with Crippen molar-refractivity contribution in [3.05, 3.63) is 63.3 Å². The molecule has 0 radical (unpaired) electrons. The van der Waals surface area contributed by atoms with E-state index in [9.17, 15) is 9.59 Å². The summed E-state index contributed by atoms with van der Waals surface area (Å²) >= 11 is 0. The molecule has 2 rings (SSSR count). The maximum Gasteiger partial charge on any atom is 0.345 e. The van der Waals surface area contributed by atoms with Crippen LogP contribution >= 0.6 is 0 Å². The molecule has 4 heteroatoms. The van der Waals surface area contributed by atoms with E-state index in [-0.39, 0.29) is 11.2 Å². The van der Waals surface area contributed by atoms with Crippen molar-refractivity contribution >= 4 is 5.78 Å². The quantitative estimate of drug-likeness (QED) is 0.732. The van der Waals surface area contributed by atoms with Gasteiger partial charge in [0, 0.05) is 12.1 Å². The zero-order valence-corrected chi connectivity index (χ0v) is 17.8. The minimum atomic E-state index is -0.433. The lowest BCUT2D eigenvalue weighted by atomic mass is 9.87. The van der Waals surface area contributed by atoms with Crippen LogP contribution in [0.2, 0.25) is 0 Å². The first-order chi connectivity index (χ1) is 12.5. The monoisotopic (exact) mass is 370 g/mol. The summed E-state index contributed by atoms with van der Waals surface area (Å²) in [6.07, 6.45) is 1.97. The minimum Gasteiger partial charge on any atom is -0.310 e. The molecule has 0 spiro atoms. The maximum absolute atomic E-state index is 11.6. The second kappa shape index (κ2) is 10.2. The molecule has 0 saturated heterocycles. The van der Waals surface area contributed by atoms with Crippen molar-refractivity contribution < 1.29 is 4.79 Å². The summed E-state index contributed by atoms with van der Waals surface area (Å²) in [6, 6.07) is 10.4. The molecule has 1 heterocycles. The fourth-order valence-corrected chi connectivity index (χ4v) is 2.61. The summed E-state index contributed by atoms with van der Waals surface area (Å²) in [6.45, 7) is 14.9. The van der Waals surface area contributed by atoms with E-state index in [0.717, 1.165) is 18.5 Å². The molecule has 0 amide bonds. The number of aryl methyl sites for hydroxylation is 1. The molecule has 1 aromatic carbocycles. The van der Waals surface area contributed by atoms with Gasteiger partial charge in [0.2, 0.25) is 0 Å². The van der Waals surface area contributed by atoms with Crippen molar-refractivity contribution in [2.45, 2.75) is 73.1 Å². The fraction of sp³-hybridized carbons (Fsp3) is 0.522. The molecule has 0 aliphatic heterocycles. The Morgan fingerprint density at radius 3 is 2.22 bits per heavy atom. The van der Waals surface area contributed by atoms with Crippen LogP contribution in [0.4, 0.5) is 0 Å². The molecule has 148 valence electrons. The van der Waals surface area contributed by atoms with Gasteiger partial charge >= 0.3 is 5.69 Å². The van der Waals surface area contributed by atoms with Gasteiger partial charge in [0.15, 0.2) is 5.78 Å². The Kier molecular flexibility index (Phi) is 8.61. The topological polar surface area (TPSA) is 62.8 Å². The highest BCUT2D eigenvalue weighted by molar-refractivity contribution is 5.94. The van der Waals surface area contributed by atoms with Crippen LogP contribution in [0.5, 0.6) is 0 Å². The molecule has 0 aliphatic rings. The number of carbonyl (C=O) groups is 1. The number of hydrogen-bond donors (Lipinski definition) is 1. The smallest absolute Gasteiger partial charge is 0.310 e. The number of ketones is 1. The SMILES string of the molecule is CCCC(=O)c1cc(CC(C)C)[nH]c(=O)n1.Cc1ccc(C(C)(C)C)cc1. The highest BCUT2D eigenvalue weighted by Gasteiger charge is 2.12. The van der Waals surface area contributed by atoms with Crippen molar-refractivity contribution in [1.82, 2.24) is 9.97 Å². The van der Waals surface area contributed by atoms with Crippen molar-refractivity contribution in [3.8, 4) is 0 Å². The molecule has 0 atom stereocenters. The van der Waals surface area contributed by atoms with Gasteiger partial charge in [-0.05, 0) is 42.7 Å². The number of nitrogens with one attached hydrogen (secondary N) is 1. The molecule has 27 heavy (non-hydrogen) atoms.